The lowest BCUT2D eigenvalue weighted by Gasteiger charge is -2.30. The molecule has 0 bridgehead atoms. The van der Waals surface area contributed by atoms with Crippen LogP contribution in [0.3, 0.4) is 0 Å². The molecule has 12 nitrogen and oxygen atoms in total. The van der Waals surface area contributed by atoms with Gasteiger partial charge in [-0.1, -0.05) is 18.2 Å². The molecule has 2 aliphatic heterocycles. The van der Waals surface area contributed by atoms with Crippen LogP contribution in [0.5, 0.6) is 0 Å². The molecule has 0 fully saturated rings. The number of imide groups is 2. The molecule has 2 aliphatic rings. The van der Waals surface area contributed by atoms with E-state index < -0.39 is 41.2 Å². The van der Waals surface area contributed by atoms with E-state index >= 15 is 0 Å². The first-order valence-electron chi connectivity index (χ1n) is 19.9. The molecule has 5 aromatic carbocycles. The molecule has 0 unspecified atom stereocenters. The minimum atomic E-state index is -3.05. The van der Waals surface area contributed by atoms with Crippen LogP contribution in [0.15, 0.2) is 36.4 Å². The zero-order chi connectivity index (χ0) is 39.8. The lowest BCUT2D eigenvalue weighted by atomic mass is 9.77. The fourth-order valence-electron chi connectivity index (χ4n) is 8.98. The Hall–Kier alpha value is -4.13. The summed E-state index contributed by atoms with van der Waals surface area (Å²) in [4.78, 5) is 54.3. The quantitative estimate of drug-likeness (QED) is 0.0352. The van der Waals surface area contributed by atoms with Gasteiger partial charge in [-0.05, 0) is 129 Å². The molecule has 0 atom stereocenters. The van der Waals surface area contributed by atoms with Gasteiger partial charge in [0.15, 0.2) is 0 Å². The van der Waals surface area contributed by atoms with E-state index in [0.717, 1.165) is 43.4 Å². The van der Waals surface area contributed by atoms with E-state index in [1.54, 1.807) is 18.2 Å². The van der Waals surface area contributed by atoms with Gasteiger partial charge in [0.05, 0.1) is 5.56 Å². The molecule has 0 saturated heterocycles. The van der Waals surface area contributed by atoms with Crippen molar-refractivity contribution in [1.29, 1.82) is 0 Å². The van der Waals surface area contributed by atoms with E-state index in [2.05, 4.69) is 10.6 Å². The van der Waals surface area contributed by atoms with Crippen molar-refractivity contribution in [2.45, 2.75) is 79.3 Å². The van der Waals surface area contributed by atoms with Crippen LogP contribution in [0.4, 0.5) is 0 Å². The first-order valence-corrected chi connectivity index (χ1v) is 23.8. The lowest BCUT2D eigenvalue weighted by molar-refractivity contribution is 0.0699. The number of hydrogen-bond donors (Lipinski definition) is 2. The monoisotopic (exact) mass is 798 g/mol. The first kappa shape index (κ1) is 40.1. The average molecular weight is 799 g/mol. The van der Waals surface area contributed by atoms with Gasteiger partial charge in [0, 0.05) is 79.2 Å². The summed E-state index contributed by atoms with van der Waals surface area (Å²) in [6.45, 7) is 14.3. The summed E-state index contributed by atoms with van der Waals surface area (Å²) in [6, 6.07) is 12.2. The summed E-state index contributed by atoms with van der Waals surface area (Å²) in [7, 11) is -6.10. The SMILES string of the molecule is CCO[Si](CCCc1c2c3c(ccc4c5ccc6c7c(ccc(c(c1CCC[Si](OCC)(OCC)OCC)c34)c75)C(=O)NC6=O)C(=O)NC2=O)(OCC)OCC. The lowest BCUT2D eigenvalue weighted by Crippen LogP contribution is -2.46. The predicted octanol–water partition coefficient (Wildman–Crippen LogP) is 7.47. The summed E-state index contributed by atoms with van der Waals surface area (Å²) in [5.41, 5.74) is 3.55. The second-order valence-corrected chi connectivity index (χ2v) is 19.4. The van der Waals surface area contributed by atoms with Crippen molar-refractivity contribution < 1.29 is 45.7 Å². The number of fused-ring (bicyclic) bond motifs is 2. The molecule has 2 N–H and O–H groups in total. The standard InChI is InChI=1S/C42H50N2O10Si2/c1-7-49-55(50-8-2,51-9-3)23-13-15-25-26(16-14-24-56(52-10-4,53-11-5)54-12-6)38-37-32(41(47)44-42(38)48)21-18-28-27-17-20-30-35-31(40(46)43-39(30)45)22-19-29(33(27)35)34(25)36(28)37/h17-22H,7-16,23-24H2,1-6H3,(H,43,45,46)(H,44,47,48). The average Bonchev–Trinajstić information content (AvgIpc) is 3.16. The first-order chi connectivity index (χ1) is 27.1. The van der Waals surface area contributed by atoms with E-state index in [1.807, 2.05) is 59.7 Å². The second kappa shape index (κ2) is 16.4. The normalized spacial score (nSPS) is 14.5. The predicted molar refractivity (Wildman–Crippen MR) is 219 cm³/mol. The molecule has 56 heavy (non-hydrogen) atoms. The number of carbonyl (C=O) groups is 4. The molecule has 0 radical (unpaired) electrons. The Labute approximate surface area is 328 Å². The van der Waals surface area contributed by atoms with Gasteiger partial charge in [-0.2, -0.15) is 0 Å². The highest BCUT2D eigenvalue weighted by molar-refractivity contribution is 6.61. The highest BCUT2D eigenvalue weighted by atomic mass is 28.4. The van der Waals surface area contributed by atoms with E-state index in [-0.39, 0.29) is 0 Å². The van der Waals surface area contributed by atoms with Crippen molar-refractivity contribution in [3.63, 3.8) is 0 Å². The van der Waals surface area contributed by atoms with Crippen molar-refractivity contribution >= 4 is 84.3 Å². The minimum absolute atomic E-state index is 0.424. The van der Waals surface area contributed by atoms with Crippen LogP contribution in [0.1, 0.15) is 107 Å². The molecule has 0 aliphatic carbocycles. The van der Waals surface area contributed by atoms with Crippen molar-refractivity contribution in [2.75, 3.05) is 39.6 Å². The largest absolute Gasteiger partial charge is 0.500 e. The number of nitrogens with one attached hydrogen (secondary N) is 2. The molecule has 14 heteroatoms. The fourth-order valence-corrected chi connectivity index (χ4v) is 14.2. The van der Waals surface area contributed by atoms with Crippen LogP contribution >= 0.6 is 0 Å². The Bertz CT molecular complexity index is 2310. The summed E-state index contributed by atoms with van der Waals surface area (Å²) in [5, 5.41) is 11.4. The van der Waals surface area contributed by atoms with Crippen molar-refractivity contribution in [3.05, 3.63) is 69.8 Å². The maximum atomic E-state index is 14.3. The van der Waals surface area contributed by atoms with E-state index in [0.29, 0.717) is 110 Å². The van der Waals surface area contributed by atoms with Crippen LogP contribution in [-0.2, 0) is 39.4 Å². The third-order valence-corrected chi connectivity index (χ3v) is 17.1. The van der Waals surface area contributed by atoms with Crippen LogP contribution < -0.4 is 10.6 Å². The van der Waals surface area contributed by atoms with Crippen LogP contribution in [0, 0.1) is 0 Å². The number of rotatable bonds is 20. The Kier molecular flexibility index (Phi) is 11.7. The van der Waals surface area contributed by atoms with Gasteiger partial charge in [-0.3, -0.25) is 29.8 Å². The topological polar surface area (TPSA) is 148 Å². The molecule has 296 valence electrons. The molecule has 0 spiro atoms. The maximum Gasteiger partial charge on any atom is 0.500 e. The molecule has 0 saturated carbocycles. The smallest absolute Gasteiger partial charge is 0.374 e. The van der Waals surface area contributed by atoms with Crippen molar-refractivity contribution in [1.82, 2.24) is 10.6 Å². The molecule has 7 rings (SSSR count). The Balaban J connectivity index is 1.52. The number of carbonyl (C=O) groups excluding carboxylic acids is 4. The van der Waals surface area contributed by atoms with E-state index in [4.69, 9.17) is 26.6 Å². The molecule has 2 heterocycles. The van der Waals surface area contributed by atoms with E-state index in [9.17, 15) is 19.2 Å². The molecular weight excluding hydrogens is 749 g/mol. The Morgan fingerprint density at radius 1 is 0.429 bits per heavy atom. The van der Waals surface area contributed by atoms with Gasteiger partial charge in [-0.25, -0.2) is 0 Å². The van der Waals surface area contributed by atoms with Crippen LogP contribution in [-0.4, -0.2) is 80.9 Å². The van der Waals surface area contributed by atoms with E-state index in [1.165, 1.54) is 0 Å². The third-order valence-electron chi connectivity index (χ3n) is 10.8. The molecule has 5 aromatic rings. The van der Waals surface area contributed by atoms with Gasteiger partial charge in [0.25, 0.3) is 23.6 Å². The van der Waals surface area contributed by atoms with Gasteiger partial charge in [0.1, 0.15) is 0 Å². The highest BCUT2D eigenvalue weighted by Crippen LogP contribution is 2.48. The van der Waals surface area contributed by atoms with Gasteiger partial charge < -0.3 is 26.6 Å². The fraction of sp³-hybridized carbons (Fsp3) is 0.429. The molecular formula is C42H50N2O10Si2. The van der Waals surface area contributed by atoms with Gasteiger partial charge in [-0.15, -0.1) is 0 Å². The number of benzene rings is 5. The van der Waals surface area contributed by atoms with Gasteiger partial charge >= 0.3 is 17.6 Å². The minimum Gasteiger partial charge on any atom is -0.374 e. The van der Waals surface area contributed by atoms with Crippen LogP contribution in [0.25, 0.3) is 43.1 Å². The zero-order valence-electron chi connectivity index (χ0n) is 33.0. The van der Waals surface area contributed by atoms with Crippen molar-refractivity contribution in [2.24, 2.45) is 0 Å². The summed E-state index contributed by atoms with van der Waals surface area (Å²) in [5.74, 6) is -1.78. The van der Waals surface area contributed by atoms with Gasteiger partial charge in [0.2, 0.25) is 0 Å². The van der Waals surface area contributed by atoms with Crippen molar-refractivity contribution in [3.8, 4) is 0 Å². The number of amides is 4. The second-order valence-electron chi connectivity index (χ2n) is 13.9. The highest BCUT2D eigenvalue weighted by Gasteiger charge is 2.42. The summed E-state index contributed by atoms with van der Waals surface area (Å²) < 4.78 is 37.4. The summed E-state index contributed by atoms with van der Waals surface area (Å²) in [6.07, 6.45) is 2.22. The van der Waals surface area contributed by atoms with Crippen LogP contribution in [0.2, 0.25) is 12.1 Å². The zero-order valence-corrected chi connectivity index (χ0v) is 35.0. The summed E-state index contributed by atoms with van der Waals surface area (Å²) >= 11 is 0. The third kappa shape index (κ3) is 6.75. The Morgan fingerprint density at radius 3 is 1.29 bits per heavy atom. The number of hydrogen-bond acceptors (Lipinski definition) is 10. The molecule has 4 amide bonds. The number of aryl methyl sites for hydroxylation is 1. The Morgan fingerprint density at radius 2 is 0.821 bits per heavy atom. The molecule has 0 aromatic heterocycles. The maximum absolute atomic E-state index is 14.3.